The van der Waals surface area contributed by atoms with E-state index in [1.165, 1.54) is 20.0 Å². The van der Waals surface area contributed by atoms with Gasteiger partial charge in [-0.1, -0.05) is 30.1 Å². The van der Waals surface area contributed by atoms with Gasteiger partial charge in [-0.15, -0.1) is 12.4 Å². The summed E-state index contributed by atoms with van der Waals surface area (Å²) in [7, 11) is 1.42. The summed E-state index contributed by atoms with van der Waals surface area (Å²) < 4.78 is 10.4. The number of anilines is 1. The molecule has 2 aliphatic rings. The van der Waals surface area contributed by atoms with E-state index in [1.807, 2.05) is 18.2 Å². The van der Waals surface area contributed by atoms with Crippen molar-refractivity contribution in [3.05, 3.63) is 47.3 Å². The van der Waals surface area contributed by atoms with Crippen molar-refractivity contribution in [2.24, 2.45) is 0 Å². The molecule has 1 aromatic heterocycles. The number of piperidine rings is 1. The molecule has 0 radical (unpaired) electrons. The van der Waals surface area contributed by atoms with Gasteiger partial charge in [0.2, 0.25) is 0 Å². The normalized spacial score (nSPS) is 19.8. The Hall–Kier alpha value is -2.38. The molecule has 1 aliphatic carbocycles. The Balaban J connectivity index is 0.00000256. The molecule has 1 aromatic carbocycles. The molecule has 8 heteroatoms. The number of amides is 1. The highest BCUT2D eigenvalue weighted by atomic mass is 35.5. The van der Waals surface area contributed by atoms with E-state index >= 15 is 0 Å². The average Bonchev–Trinajstić information content (AvgIpc) is 3.17. The molecule has 7 nitrogen and oxygen atoms in total. The Morgan fingerprint density at radius 2 is 2.10 bits per heavy atom. The molecule has 2 fully saturated rings. The number of carbonyl (C=O) groups is 2. The molecule has 2 N–H and O–H groups in total. The van der Waals surface area contributed by atoms with Crippen LogP contribution < -0.4 is 10.6 Å². The molecule has 0 bridgehead atoms. The number of esters is 1. The van der Waals surface area contributed by atoms with Gasteiger partial charge in [0.15, 0.2) is 5.69 Å². The second-order valence-corrected chi connectivity index (χ2v) is 7.99. The van der Waals surface area contributed by atoms with Crippen LogP contribution in [-0.2, 0) is 21.4 Å². The first-order valence-corrected chi connectivity index (χ1v) is 10.3. The van der Waals surface area contributed by atoms with Crippen LogP contribution in [0.3, 0.4) is 0 Å². The predicted octanol–water partition coefficient (Wildman–Crippen LogP) is 3.63. The summed E-state index contributed by atoms with van der Waals surface area (Å²) in [6.07, 6.45) is 6.77. The maximum absolute atomic E-state index is 12.6. The largest absolute Gasteiger partial charge is 0.468 e. The second kappa shape index (κ2) is 9.62. The highest BCUT2D eigenvalue weighted by Crippen LogP contribution is 2.45. The lowest BCUT2D eigenvalue weighted by Crippen LogP contribution is -2.43. The number of carbonyl (C=O) groups excluding carboxylic acids is 2. The summed E-state index contributed by atoms with van der Waals surface area (Å²) in [6.45, 7) is 1.02. The standard InChI is InChI=1S/C22H27N3O4.ClH/c1-28-21(27)22(9-5-10-22)15-6-4-8-17(12-15)24-20(26)19-14-18(29-25-19)13-16-7-2-3-11-23-16;/h4,6,8,12,14,16,23H,2-3,5,7,9-11,13H2,1H3,(H,24,26);1H. The Morgan fingerprint density at radius 1 is 1.27 bits per heavy atom. The third-order valence-corrected chi connectivity index (χ3v) is 6.11. The van der Waals surface area contributed by atoms with Crippen LogP contribution >= 0.6 is 12.4 Å². The molecule has 1 saturated carbocycles. The first-order chi connectivity index (χ1) is 14.1. The third kappa shape index (κ3) is 4.52. The van der Waals surface area contributed by atoms with Crippen LogP contribution in [0, 0.1) is 0 Å². The number of hydrogen-bond donors (Lipinski definition) is 2. The number of hydrogen-bond acceptors (Lipinski definition) is 6. The van der Waals surface area contributed by atoms with E-state index in [0.29, 0.717) is 17.5 Å². The van der Waals surface area contributed by atoms with E-state index in [0.717, 1.165) is 44.2 Å². The monoisotopic (exact) mass is 433 g/mol. The van der Waals surface area contributed by atoms with E-state index < -0.39 is 5.41 Å². The van der Waals surface area contributed by atoms with Gasteiger partial charge >= 0.3 is 5.97 Å². The SMILES string of the molecule is COC(=O)C1(c2cccc(NC(=O)c3cc(CC4CCCCN4)on3)c2)CCC1.Cl. The third-order valence-electron chi connectivity index (χ3n) is 6.11. The lowest BCUT2D eigenvalue weighted by molar-refractivity contribution is -0.151. The van der Waals surface area contributed by atoms with Crippen LogP contribution in [-0.4, -0.2) is 36.7 Å². The van der Waals surface area contributed by atoms with Crippen LogP contribution in [0.5, 0.6) is 0 Å². The number of benzene rings is 1. The van der Waals surface area contributed by atoms with Crippen LogP contribution in [0.25, 0.3) is 0 Å². The molecule has 1 aliphatic heterocycles. The minimum Gasteiger partial charge on any atom is -0.468 e. The quantitative estimate of drug-likeness (QED) is 0.675. The minimum atomic E-state index is -0.594. The molecule has 4 rings (SSSR count). The number of nitrogens with zero attached hydrogens (tertiary/aromatic N) is 1. The van der Waals surface area contributed by atoms with Crippen molar-refractivity contribution in [1.29, 1.82) is 0 Å². The van der Waals surface area contributed by atoms with E-state index in [1.54, 1.807) is 12.1 Å². The number of halogens is 1. The van der Waals surface area contributed by atoms with Crippen LogP contribution in [0.2, 0.25) is 0 Å². The van der Waals surface area contributed by atoms with Gasteiger partial charge in [-0.25, -0.2) is 0 Å². The summed E-state index contributed by atoms with van der Waals surface area (Å²) in [6, 6.07) is 9.49. The first kappa shape index (κ1) is 22.3. The predicted molar refractivity (Wildman–Crippen MR) is 115 cm³/mol. The van der Waals surface area contributed by atoms with Gasteiger partial charge < -0.3 is 19.9 Å². The Labute approximate surface area is 182 Å². The Bertz CT molecular complexity index is 888. The van der Waals surface area contributed by atoms with Gasteiger partial charge in [0, 0.05) is 24.2 Å². The lowest BCUT2D eigenvalue weighted by atomic mass is 9.64. The summed E-state index contributed by atoms with van der Waals surface area (Å²) in [5.74, 6) is 0.168. The fourth-order valence-corrected chi connectivity index (χ4v) is 4.28. The number of rotatable bonds is 6. The van der Waals surface area contributed by atoms with Crippen LogP contribution in [0.4, 0.5) is 5.69 Å². The van der Waals surface area contributed by atoms with Gasteiger partial charge in [-0.2, -0.15) is 0 Å². The lowest BCUT2D eigenvalue weighted by Gasteiger charge is -2.39. The molecule has 2 aromatic rings. The van der Waals surface area contributed by atoms with Crippen molar-refractivity contribution in [3.8, 4) is 0 Å². The summed E-state index contributed by atoms with van der Waals surface area (Å²) in [4.78, 5) is 24.9. The molecule has 1 unspecified atom stereocenters. The first-order valence-electron chi connectivity index (χ1n) is 10.3. The van der Waals surface area contributed by atoms with Gasteiger partial charge in [0.1, 0.15) is 5.76 Å². The maximum atomic E-state index is 12.6. The van der Waals surface area contributed by atoms with Gasteiger partial charge in [-0.3, -0.25) is 9.59 Å². The second-order valence-electron chi connectivity index (χ2n) is 7.99. The van der Waals surface area contributed by atoms with Crippen molar-refractivity contribution in [1.82, 2.24) is 10.5 Å². The summed E-state index contributed by atoms with van der Waals surface area (Å²) >= 11 is 0. The van der Waals surface area contributed by atoms with E-state index in [4.69, 9.17) is 9.26 Å². The average molecular weight is 434 g/mol. The number of ether oxygens (including phenoxy) is 1. The zero-order chi connectivity index (χ0) is 20.3. The topological polar surface area (TPSA) is 93.5 Å². The maximum Gasteiger partial charge on any atom is 0.316 e. The van der Waals surface area contributed by atoms with Crippen molar-refractivity contribution < 1.29 is 18.8 Å². The van der Waals surface area contributed by atoms with E-state index in [9.17, 15) is 9.59 Å². The molecular formula is C22H28ClN3O4. The molecule has 162 valence electrons. The number of methoxy groups -OCH3 is 1. The minimum absolute atomic E-state index is 0. The van der Waals surface area contributed by atoms with Crippen LogP contribution in [0.15, 0.2) is 34.9 Å². The molecule has 30 heavy (non-hydrogen) atoms. The number of aromatic nitrogens is 1. The molecule has 2 heterocycles. The molecule has 0 spiro atoms. The van der Waals surface area contributed by atoms with E-state index in [-0.39, 0.29) is 30.0 Å². The molecule has 1 saturated heterocycles. The van der Waals surface area contributed by atoms with E-state index in [2.05, 4.69) is 15.8 Å². The molecule has 1 atom stereocenters. The fourth-order valence-electron chi connectivity index (χ4n) is 4.28. The van der Waals surface area contributed by atoms with Gasteiger partial charge in [0.05, 0.1) is 12.5 Å². The fraction of sp³-hybridized carbons (Fsp3) is 0.500. The van der Waals surface area contributed by atoms with Crippen molar-refractivity contribution >= 4 is 30.0 Å². The van der Waals surface area contributed by atoms with Crippen molar-refractivity contribution in [2.75, 3.05) is 19.0 Å². The number of nitrogens with one attached hydrogen (secondary N) is 2. The summed E-state index contributed by atoms with van der Waals surface area (Å²) in [5.41, 5.74) is 1.16. The van der Waals surface area contributed by atoms with Crippen molar-refractivity contribution in [2.45, 2.75) is 56.4 Å². The zero-order valence-corrected chi connectivity index (χ0v) is 17.9. The highest BCUT2D eigenvalue weighted by Gasteiger charge is 2.46. The molecular weight excluding hydrogens is 406 g/mol. The smallest absolute Gasteiger partial charge is 0.316 e. The Morgan fingerprint density at radius 3 is 2.77 bits per heavy atom. The summed E-state index contributed by atoms with van der Waals surface area (Å²) in [5, 5.41) is 10.3. The van der Waals surface area contributed by atoms with Gasteiger partial charge in [-0.05, 0) is 49.9 Å². The molecule has 1 amide bonds. The zero-order valence-electron chi connectivity index (χ0n) is 17.1. The highest BCUT2D eigenvalue weighted by molar-refractivity contribution is 6.03. The van der Waals surface area contributed by atoms with Crippen LogP contribution in [0.1, 0.15) is 60.3 Å². The Kier molecular flexibility index (Phi) is 7.15. The van der Waals surface area contributed by atoms with Crippen molar-refractivity contribution in [3.63, 3.8) is 0 Å². The van der Waals surface area contributed by atoms with Gasteiger partial charge in [0.25, 0.3) is 5.91 Å².